The van der Waals surface area contributed by atoms with E-state index in [-0.39, 0.29) is 23.7 Å². The van der Waals surface area contributed by atoms with Crippen molar-refractivity contribution in [3.8, 4) is 17.3 Å². The van der Waals surface area contributed by atoms with Gasteiger partial charge in [-0.15, -0.1) is 0 Å². The van der Waals surface area contributed by atoms with Gasteiger partial charge in [0.25, 0.3) is 5.91 Å². The fourth-order valence-corrected chi connectivity index (χ4v) is 3.49. The lowest BCUT2D eigenvalue weighted by atomic mass is 10.0. The molecule has 3 aromatic rings. The summed E-state index contributed by atoms with van der Waals surface area (Å²) in [6.07, 6.45) is 2.13. The molecule has 2 aromatic heterocycles. The minimum absolute atomic E-state index is 0.215. The number of nitriles is 1. The largest absolute Gasteiger partial charge is 0.383 e. The normalized spacial score (nSPS) is 17.1. The molecule has 2 amide bonds. The number of aliphatic hydroxyl groups excluding tert-OH is 1. The molecule has 5 N–H and O–H groups in total. The molecule has 1 saturated carbocycles. The van der Waals surface area contributed by atoms with Crippen LogP contribution in [-0.2, 0) is 4.79 Å². The number of nitrogens with zero attached hydrogens (tertiary/aromatic N) is 3. The maximum absolute atomic E-state index is 12.2. The summed E-state index contributed by atoms with van der Waals surface area (Å²) in [7, 11) is 0. The average molecular weight is 416 g/mol. The van der Waals surface area contributed by atoms with Crippen LogP contribution in [0.15, 0.2) is 36.5 Å². The summed E-state index contributed by atoms with van der Waals surface area (Å²) in [6.45, 7) is 1.42. The Labute approximate surface area is 177 Å². The van der Waals surface area contributed by atoms with Crippen LogP contribution >= 0.6 is 0 Å². The van der Waals surface area contributed by atoms with Gasteiger partial charge in [-0.3, -0.25) is 9.59 Å². The van der Waals surface area contributed by atoms with Gasteiger partial charge in [-0.2, -0.15) is 5.26 Å². The minimum Gasteiger partial charge on any atom is -0.383 e. The summed E-state index contributed by atoms with van der Waals surface area (Å²) in [5.41, 5.74) is 8.80. The Morgan fingerprint density at radius 1 is 1.32 bits per heavy atom. The van der Waals surface area contributed by atoms with Gasteiger partial charge in [-0.25, -0.2) is 9.97 Å². The number of hydrogen-bond acceptors (Lipinski definition) is 7. The SMILES string of the molecule is Cc1cc(C(=O)NCO)ccc1-c1cc2cc(NC(=O)[C@@H]3C[C@H]3C#N)ncc2c(N)n1. The van der Waals surface area contributed by atoms with Crippen molar-refractivity contribution in [1.29, 1.82) is 5.26 Å². The number of nitrogen functional groups attached to an aromatic ring is 1. The van der Waals surface area contributed by atoms with Gasteiger partial charge in [-0.05, 0) is 48.6 Å². The quantitative estimate of drug-likeness (QED) is 0.464. The summed E-state index contributed by atoms with van der Waals surface area (Å²) in [4.78, 5) is 32.9. The van der Waals surface area contributed by atoms with Crippen molar-refractivity contribution in [2.24, 2.45) is 11.8 Å². The second-order valence-corrected chi connectivity index (χ2v) is 7.44. The number of hydrogen-bond donors (Lipinski definition) is 4. The highest BCUT2D eigenvalue weighted by atomic mass is 16.3. The molecule has 0 saturated heterocycles. The lowest BCUT2D eigenvalue weighted by Crippen LogP contribution is -2.24. The number of aryl methyl sites for hydroxylation is 1. The minimum atomic E-state index is -0.437. The van der Waals surface area contributed by atoms with Crippen LogP contribution < -0.4 is 16.4 Å². The van der Waals surface area contributed by atoms with Crippen LogP contribution in [-0.4, -0.2) is 33.6 Å². The number of aromatic nitrogens is 2. The Morgan fingerprint density at radius 3 is 2.81 bits per heavy atom. The first-order valence-corrected chi connectivity index (χ1v) is 9.68. The molecule has 31 heavy (non-hydrogen) atoms. The van der Waals surface area contributed by atoms with E-state index in [0.717, 1.165) is 16.5 Å². The lowest BCUT2D eigenvalue weighted by molar-refractivity contribution is -0.117. The number of aliphatic hydroxyl groups is 1. The second-order valence-electron chi connectivity index (χ2n) is 7.44. The number of nitrogens with two attached hydrogens (primary N) is 1. The number of rotatable bonds is 5. The Morgan fingerprint density at radius 2 is 2.13 bits per heavy atom. The van der Waals surface area contributed by atoms with Crippen molar-refractivity contribution in [1.82, 2.24) is 15.3 Å². The fourth-order valence-electron chi connectivity index (χ4n) is 3.49. The molecule has 1 aliphatic rings. The van der Waals surface area contributed by atoms with Gasteiger partial charge in [-0.1, -0.05) is 6.07 Å². The number of pyridine rings is 2. The monoisotopic (exact) mass is 416 g/mol. The third-order valence-electron chi connectivity index (χ3n) is 5.29. The first-order chi connectivity index (χ1) is 14.9. The molecule has 1 aliphatic carbocycles. The lowest BCUT2D eigenvalue weighted by Gasteiger charge is -2.11. The molecule has 0 unspecified atom stereocenters. The van der Waals surface area contributed by atoms with Gasteiger partial charge >= 0.3 is 0 Å². The summed E-state index contributed by atoms with van der Waals surface area (Å²) < 4.78 is 0. The summed E-state index contributed by atoms with van der Waals surface area (Å²) >= 11 is 0. The van der Waals surface area contributed by atoms with Gasteiger partial charge in [0.15, 0.2) is 0 Å². The number of carbonyl (C=O) groups is 2. The van der Waals surface area contributed by atoms with E-state index in [1.54, 1.807) is 30.5 Å². The number of amides is 2. The number of fused-ring (bicyclic) bond motifs is 1. The first kappa shape index (κ1) is 20.3. The molecule has 2 heterocycles. The summed E-state index contributed by atoms with van der Waals surface area (Å²) in [5, 5.41) is 24.3. The van der Waals surface area contributed by atoms with Gasteiger partial charge in [0.05, 0.1) is 23.6 Å². The van der Waals surface area contributed by atoms with Crippen LogP contribution in [0.25, 0.3) is 22.0 Å². The van der Waals surface area contributed by atoms with Gasteiger partial charge in [0.2, 0.25) is 5.91 Å². The molecule has 1 aromatic carbocycles. The molecular weight excluding hydrogens is 396 g/mol. The standard InChI is InChI=1S/C22H20N6O3/c1-11-4-12(21(30)26-10-29)2-3-15(11)18-6-13-7-19(25-9-17(13)20(24)27-18)28-22(31)16-5-14(16)8-23/h2-4,6-7,9,14,16,29H,5,10H2,1H3,(H2,24,27)(H,26,30)(H,25,28,31)/t14-,16+/m0/s1. The maximum Gasteiger partial charge on any atom is 0.253 e. The van der Waals surface area contributed by atoms with Crippen molar-refractivity contribution >= 4 is 34.2 Å². The number of anilines is 2. The van der Waals surface area contributed by atoms with Crippen molar-refractivity contribution in [3.05, 3.63) is 47.7 Å². The highest BCUT2D eigenvalue weighted by molar-refractivity contribution is 5.99. The molecule has 0 aliphatic heterocycles. The summed E-state index contributed by atoms with van der Waals surface area (Å²) in [6, 6.07) is 10.8. The van der Waals surface area contributed by atoms with Crippen molar-refractivity contribution in [2.45, 2.75) is 13.3 Å². The molecular formula is C22H20N6O3. The Hall–Kier alpha value is -4.03. The van der Waals surface area contributed by atoms with Crippen LogP contribution in [0.1, 0.15) is 22.3 Å². The van der Waals surface area contributed by atoms with E-state index in [9.17, 15) is 9.59 Å². The number of nitrogens with one attached hydrogen (secondary N) is 2. The zero-order valence-electron chi connectivity index (χ0n) is 16.7. The van der Waals surface area contributed by atoms with E-state index in [1.807, 2.05) is 13.0 Å². The van der Waals surface area contributed by atoms with Crippen LogP contribution in [0.5, 0.6) is 0 Å². The first-order valence-electron chi connectivity index (χ1n) is 9.68. The smallest absolute Gasteiger partial charge is 0.253 e. The highest BCUT2D eigenvalue weighted by Crippen LogP contribution is 2.38. The van der Waals surface area contributed by atoms with E-state index in [2.05, 4.69) is 26.7 Å². The molecule has 0 spiro atoms. The van der Waals surface area contributed by atoms with Crippen LogP contribution in [0.2, 0.25) is 0 Å². The van der Waals surface area contributed by atoms with Gasteiger partial charge in [0.1, 0.15) is 18.4 Å². The van der Waals surface area contributed by atoms with Gasteiger partial charge in [0, 0.05) is 22.7 Å². The molecule has 0 radical (unpaired) electrons. The highest BCUT2D eigenvalue weighted by Gasteiger charge is 2.43. The molecule has 4 rings (SSSR count). The predicted octanol–water partition coefficient (Wildman–Crippen LogP) is 1.97. The number of carbonyl (C=O) groups excluding carboxylic acids is 2. The molecule has 0 bridgehead atoms. The van der Waals surface area contributed by atoms with E-state index in [1.165, 1.54) is 0 Å². The van der Waals surface area contributed by atoms with Crippen molar-refractivity contribution in [3.63, 3.8) is 0 Å². The fraction of sp³-hybridized carbons (Fsp3) is 0.227. The molecule has 156 valence electrons. The Balaban J connectivity index is 1.65. The Bertz CT molecular complexity index is 1250. The van der Waals surface area contributed by atoms with Crippen molar-refractivity contribution in [2.75, 3.05) is 17.8 Å². The molecule has 1 fully saturated rings. The molecule has 9 nitrogen and oxygen atoms in total. The number of benzene rings is 1. The molecule has 2 atom stereocenters. The van der Waals surface area contributed by atoms with E-state index in [4.69, 9.17) is 16.1 Å². The third-order valence-corrected chi connectivity index (χ3v) is 5.29. The zero-order chi connectivity index (χ0) is 22.1. The van der Waals surface area contributed by atoms with Crippen molar-refractivity contribution < 1.29 is 14.7 Å². The van der Waals surface area contributed by atoms with E-state index in [0.29, 0.717) is 34.7 Å². The second kappa shape index (κ2) is 8.01. The van der Waals surface area contributed by atoms with Crippen LogP contribution in [0, 0.1) is 30.1 Å². The zero-order valence-corrected chi connectivity index (χ0v) is 16.7. The van der Waals surface area contributed by atoms with Gasteiger partial charge < -0.3 is 21.5 Å². The molecule has 9 heteroatoms. The maximum atomic E-state index is 12.2. The topological polar surface area (TPSA) is 154 Å². The van der Waals surface area contributed by atoms with E-state index >= 15 is 0 Å². The van der Waals surface area contributed by atoms with Crippen LogP contribution in [0.3, 0.4) is 0 Å². The predicted molar refractivity (Wildman–Crippen MR) is 115 cm³/mol. The summed E-state index contributed by atoms with van der Waals surface area (Å²) in [5.74, 6) is -0.421. The third kappa shape index (κ3) is 4.01. The van der Waals surface area contributed by atoms with E-state index < -0.39 is 6.73 Å². The Kier molecular flexibility index (Phi) is 5.23. The van der Waals surface area contributed by atoms with Crippen LogP contribution in [0.4, 0.5) is 11.6 Å². The average Bonchev–Trinajstić information content (AvgIpc) is 3.53.